The Labute approximate surface area is 194 Å². The minimum Gasteiger partial charge on any atom is -0.473 e. The highest BCUT2D eigenvalue weighted by Gasteiger charge is 2.22. The number of likely N-dealkylation sites (N-methyl/N-ethyl adjacent to an activating group) is 1. The van der Waals surface area contributed by atoms with Crippen molar-refractivity contribution >= 4 is 11.6 Å². The molecule has 0 bridgehead atoms. The van der Waals surface area contributed by atoms with Crippen LogP contribution in [0.1, 0.15) is 35.4 Å². The smallest absolute Gasteiger partial charge is 0.221 e. The molecule has 33 heavy (non-hydrogen) atoms. The molecule has 0 aliphatic heterocycles. The summed E-state index contributed by atoms with van der Waals surface area (Å²) in [4.78, 5) is 11.5. The standard InChI is InChI=1S/C24H32N8O/c1-9-22-25-10-21-17(4)26-20(14-32(21)22)23-18(5)27-31(8)24(23)33-16(3)12-29(6)13-19-15(2)11-30(7)28-19/h9-11,14,16H,1,12-13H2,2-8H3. The second kappa shape index (κ2) is 8.82. The molecule has 0 radical (unpaired) electrons. The molecule has 0 spiro atoms. The van der Waals surface area contributed by atoms with Crippen LogP contribution >= 0.6 is 0 Å². The van der Waals surface area contributed by atoms with Crippen molar-refractivity contribution in [1.82, 2.24) is 38.8 Å². The first-order valence-corrected chi connectivity index (χ1v) is 11.0. The number of rotatable bonds is 8. The number of aryl methyl sites for hydroxylation is 5. The van der Waals surface area contributed by atoms with Crippen molar-refractivity contribution < 1.29 is 4.74 Å². The Morgan fingerprint density at radius 1 is 1.15 bits per heavy atom. The molecule has 4 rings (SSSR count). The van der Waals surface area contributed by atoms with Crippen LogP contribution in [0.25, 0.3) is 22.9 Å². The van der Waals surface area contributed by atoms with Crippen molar-refractivity contribution in [3.63, 3.8) is 0 Å². The van der Waals surface area contributed by atoms with Gasteiger partial charge in [0.25, 0.3) is 0 Å². The minimum absolute atomic E-state index is 0.0608. The van der Waals surface area contributed by atoms with E-state index in [0.29, 0.717) is 5.88 Å². The number of imidazole rings is 1. The van der Waals surface area contributed by atoms with Gasteiger partial charge < -0.3 is 4.74 Å². The molecule has 0 fully saturated rings. The second-order valence-electron chi connectivity index (χ2n) is 8.73. The van der Waals surface area contributed by atoms with Crippen LogP contribution < -0.4 is 4.74 Å². The maximum Gasteiger partial charge on any atom is 0.221 e. The molecular formula is C24H32N8O. The summed E-state index contributed by atoms with van der Waals surface area (Å²) >= 11 is 0. The molecule has 0 N–H and O–H groups in total. The zero-order valence-electron chi connectivity index (χ0n) is 20.5. The van der Waals surface area contributed by atoms with Crippen molar-refractivity contribution in [2.45, 2.75) is 40.3 Å². The Balaban J connectivity index is 1.59. The van der Waals surface area contributed by atoms with E-state index in [0.717, 1.165) is 52.8 Å². The third-order valence-electron chi connectivity index (χ3n) is 5.76. The normalized spacial score (nSPS) is 12.6. The molecule has 9 nitrogen and oxygen atoms in total. The lowest BCUT2D eigenvalue weighted by atomic mass is 10.2. The number of ether oxygens (including phenoxy) is 1. The zero-order valence-corrected chi connectivity index (χ0v) is 20.5. The van der Waals surface area contributed by atoms with Crippen LogP contribution in [0.5, 0.6) is 5.88 Å². The van der Waals surface area contributed by atoms with Gasteiger partial charge in [0.15, 0.2) is 0 Å². The third kappa shape index (κ3) is 4.41. The zero-order chi connectivity index (χ0) is 23.9. The van der Waals surface area contributed by atoms with Gasteiger partial charge in [0.05, 0.1) is 40.1 Å². The number of hydrogen-bond acceptors (Lipinski definition) is 6. The predicted octanol–water partition coefficient (Wildman–Crippen LogP) is 3.33. The number of aromatic nitrogens is 7. The molecule has 0 aliphatic carbocycles. The van der Waals surface area contributed by atoms with Gasteiger partial charge in [-0.15, -0.1) is 0 Å². The van der Waals surface area contributed by atoms with Gasteiger partial charge in [-0.1, -0.05) is 6.58 Å². The molecule has 0 saturated carbocycles. The van der Waals surface area contributed by atoms with Crippen LogP contribution in [0, 0.1) is 20.8 Å². The molecule has 0 amide bonds. The molecule has 4 aromatic rings. The lowest BCUT2D eigenvalue weighted by Crippen LogP contribution is -2.31. The van der Waals surface area contributed by atoms with Crippen LogP contribution in [-0.2, 0) is 20.6 Å². The summed E-state index contributed by atoms with van der Waals surface area (Å²) in [5, 5.41) is 9.17. The maximum atomic E-state index is 6.43. The van der Waals surface area contributed by atoms with E-state index in [1.807, 2.05) is 55.6 Å². The first-order chi connectivity index (χ1) is 15.7. The Hall–Kier alpha value is -3.46. The quantitative estimate of drug-likeness (QED) is 0.411. The summed E-state index contributed by atoms with van der Waals surface area (Å²) in [5.74, 6) is 1.48. The fourth-order valence-electron chi connectivity index (χ4n) is 4.30. The summed E-state index contributed by atoms with van der Waals surface area (Å²) in [6.45, 7) is 13.5. The predicted molar refractivity (Wildman–Crippen MR) is 129 cm³/mol. The Bertz CT molecular complexity index is 1310. The highest BCUT2D eigenvalue weighted by atomic mass is 16.5. The van der Waals surface area contributed by atoms with Crippen LogP contribution in [0.15, 0.2) is 25.2 Å². The first kappa shape index (κ1) is 22.7. The van der Waals surface area contributed by atoms with Crippen LogP contribution in [0.2, 0.25) is 0 Å². The Kier molecular flexibility index (Phi) is 6.07. The number of hydrogen-bond donors (Lipinski definition) is 0. The maximum absolute atomic E-state index is 6.43. The van der Waals surface area contributed by atoms with E-state index in [2.05, 4.69) is 47.6 Å². The molecule has 174 valence electrons. The molecule has 4 aromatic heterocycles. The third-order valence-corrected chi connectivity index (χ3v) is 5.76. The van der Waals surface area contributed by atoms with Crippen LogP contribution in [0.4, 0.5) is 0 Å². The van der Waals surface area contributed by atoms with Crippen LogP contribution in [-0.4, -0.2) is 58.5 Å². The van der Waals surface area contributed by atoms with Gasteiger partial charge in [0, 0.05) is 39.6 Å². The lowest BCUT2D eigenvalue weighted by molar-refractivity contribution is 0.148. The molecule has 0 aromatic carbocycles. The Morgan fingerprint density at radius 3 is 2.58 bits per heavy atom. The van der Waals surface area contributed by atoms with E-state index in [9.17, 15) is 0 Å². The fourth-order valence-corrected chi connectivity index (χ4v) is 4.30. The summed E-state index contributed by atoms with van der Waals surface area (Å²) in [6, 6.07) is 0. The fraction of sp³-hybridized carbons (Fsp3) is 0.417. The topological polar surface area (TPSA) is 78.3 Å². The van der Waals surface area contributed by atoms with E-state index in [1.165, 1.54) is 5.56 Å². The van der Waals surface area contributed by atoms with Gasteiger partial charge in [0.2, 0.25) is 5.88 Å². The molecule has 4 heterocycles. The molecule has 9 heteroatoms. The summed E-state index contributed by atoms with van der Waals surface area (Å²) < 4.78 is 12.1. The van der Waals surface area contributed by atoms with Crippen molar-refractivity contribution in [2.75, 3.05) is 13.6 Å². The average molecular weight is 449 g/mol. The van der Waals surface area contributed by atoms with Gasteiger partial charge in [-0.25, -0.2) is 14.6 Å². The average Bonchev–Trinajstić information content (AvgIpc) is 3.37. The minimum atomic E-state index is -0.0608. The highest BCUT2D eigenvalue weighted by molar-refractivity contribution is 5.70. The van der Waals surface area contributed by atoms with E-state index in [1.54, 1.807) is 10.8 Å². The van der Waals surface area contributed by atoms with Crippen molar-refractivity contribution in [2.24, 2.45) is 14.1 Å². The van der Waals surface area contributed by atoms with E-state index in [-0.39, 0.29) is 6.10 Å². The number of nitrogens with zero attached hydrogens (tertiary/aromatic N) is 8. The number of fused-ring (bicyclic) bond motifs is 1. The van der Waals surface area contributed by atoms with Gasteiger partial charge in [-0.05, 0) is 46.4 Å². The van der Waals surface area contributed by atoms with Gasteiger partial charge in [0.1, 0.15) is 11.9 Å². The largest absolute Gasteiger partial charge is 0.473 e. The first-order valence-electron chi connectivity index (χ1n) is 11.0. The van der Waals surface area contributed by atoms with Gasteiger partial charge in [-0.2, -0.15) is 10.2 Å². The van der Waals surface area contributed by atoms with Crippen molar-refractivity contribution in [3.8, 4) is 17.1 Å². The molecule has 1 unspecified atom stereocenters. The van der Waals surface area contributed by atoms with Crippen LogP contribution in [0.3, 0.4) is 0 Å². The SMILES string of the molecule is C=Cc1ncc2c(C)nc(-c3c(C)nn(C)c3OC(C)CN(C)Cc3nn(C)cc3C)cn12. The second-order valence-corrected chi connectivity index (χ2v) is 8.73. The van der Waals surface area contributed by atoms with E-state index < -0.39 is 0 Å². The highest BCUT2D eigenvalue weighted by Crippen LogP contribution is 2.33. The van der Waals surface area contributed by atoms with E-state index >= 15 is 0 Å². The van der Waals surface area contributed by atoms with Gasteiger partial charge >= 0.3 is 0 Å². The molecule has 0 aliphatic rings. The van der Waals surface area contributed by atoms with Crippen molar-refractivity contribution in [1.29, 1.82) is 0 Å². The lowest BCUT2D eigenvalue weighted by Gasteiger charge is -2.22. The summed E-state index contributed by atoms with van der Waals surface area (Å²) in [6.07, 6.45) is 7.51. The summed E-state index contributed by atoms with van der Waals surface area (Å²) in [5.41, 5.74) is 6.67. The summed E-state index contributed by atoms with van der Waals surface area (Å²) in [7, 11) is 5.93. The molecule has 1 atom stereocenters. The van der Waals surface area contributed by atoms with Gasteiger partial charge in [-0.3, -0.25) is 14.0 Å². The molecule has 0 saturated heterocycles. The molecular weight excluding hydrogens is 416 g/mol. The van der Waals surface area contributed by atoms with Crippen molar-refractivity contribution in [3.05, 3.63) is 53.6 Å². The van der Waals surface area contributed by atoms with E-state index in [4.69, 9.17) is 9.72 Å². The Morgan fingerprint density at radius 2 is 1.91 bits per heavy atom. The monoisotopic (exact) mass is 448 g/mol.